The minimum Gasteiger partial charge on any atom is -0.497 e. The second-order valence-electron chi connectivity index (χ2n) is 8.37. The second-order valence-corrected chi connectivity index (χ2v) is 8.37. The molecule has 0 spiro atoms. The number of hydrazone groups is 1. The largest absolute Gasteiger partial charge is 0.497 e. The summed E-state index contributed by atoms with van der Waals surface area (Å²) >= 11 is 0. The molecular weight excluding hydrogens is 428 g/mol. The van der Waals surface area contributed by atoms with Crippen LogP contribution in [0.2, 0.25) is 0 Å². The lowest BCUT2D eigenvalue weighted by molar-refractivity contribution is -0.130. The number of benzene rings is 3. The van der Waals surface area contributed by atoms with E-state index in [9.17, 15) is 9.59 Å². The summed E-state index contributed by atoms with van der Waals surface area (Å²) in [4.78, 5) is 25.6. The van der Waals surface area contributed by atoms with Crippen molar-refractivity contribution >= 4 is 22.6 Å². The molecule has 6 heteroatoms. The lowest BCUT2D eigenvalue weighted by Gasteiger charge is -2.20. The van der Waals surface area contributed by atoms with Crippen LogP contribution in [0, 0.1) is 6.92 Å². The number of amides is 1. The van der Waals surface area contributed by atoms with Gasteiger partial charge in [0.05, 0.1) is 24.2 Å². The molecule has 3 aromatic carbocycles. The molecule has 5 rings (SSSR count). The number of nitrogens with zero attached hydrogens (tertiary/aromatic N) is 2. The standard InChI is InChI=1S/C28H24N2O4/c1-17-27(32)23-15-21(11-14-26(23)34-28(17)20-7-5-4-6-8-20)24-16-25(30(29-24)18(2)31)19-9-12-22(33-3)13-10-19/h4-15,25H,16H2,1-3H3. The molecule has 0 saturated heterocycles. The Kier molecular flexibility index (Phi) is 5.49. The third kappa shape index (κ3) is 3.77. The Morgan fingerprint density at radius 3 is 2.44 bits per heavy atom. The lowest BCUT2D eigenvalue weighted by atomic mass is 9.97. The van der Waals surface area contributed by atoms with Gasteiger partial charge in [-0.25, -0.2) is 5.01 Å². The molecule has 1 aliphatic heterocycles. The zero-order chi connectivity index (χ0) is 23.8. The molecule has 0 aliphatic carbocycles. The van der Waals surface area contributed by atoms with E-state index in [-0.39, 0.29) is 17.4 Å². The third-order valence-electron chi connectivity index (χ3n) is 6.22. The average Bonchev–Trinajstić information content (AvgIpc) is 3.32. The number of carbonyl (C=O) groups is 1. The van der Waals surface area contributed by atoms with Crippen LogP contribution in [0.1, 0.15) is 36.1 Å². The molecule has 1 unspecified atom stereocenters. The lowest BCUT2D eigenvalue weighted by Crippen LogP contribution is -2.24. The molecule has 0 saturated carbocycles. The fourth-order valence-electron chi connectivity index (χ4n) is 4.39. The van der Waals surface area contributed by atoms with Crippen LogP contribution in [0.5, 0.6) is 5.75 Å². The van der Waals surface area contributed by atoms with Crippen molar-refractivity contribution < 1.29 is 13.9 Å². The summed E-state index contributed by atoms with van der Waals surface area (Å²) in [6.07, 6.45) is 0.545. The number of methoxy groups -OCH3 is 1. The van der Waals surface area contributed by atoms with Crippen molar-refractivity contribution in [3.05, 3.63) is 99.7 Å². The van der Waals surface area contributed by atoms with E-state index in [0.29, 0.717) is 28.7 Å². The van der Waals surface area contributed by atoms with Crippen molar-refractivity contribution in [1.82, 2.24) is 5.01 Å². The molecule has 1 atom stereocenters. The van der Waals surface area contributed by atoms with Crippen molar-refractivity contribution in [2.45, 2.75) is 26.3 Å². The molecule has 0 fully saturated rings. The highest BCUT2D eigenvalue weighted by molar-refractivity contribution is 6.05. The van der Waals surface area contributed by atoms with E-state index in [1.165, 1.54) is 11.9 Å². The van der Waals surface area contributed by atoms with Crippen molar-refractivity contribution in [3.8, 4) is 17.1 Å². The maximum absolute atomic E-state index is 13.2. The zero-order valence-corrected chi connectivity index (χ0v) is 19.2. The van der Waals surface area contributed by atoms with Gasteiger partial charge in [0, 0.05) is 24.5 Å². The first kappa shape index (κ1) is 21.6. The maximum Gasteiger partial charge on any atom is 0.240 e. The first-order chi connectivity index (χ1) is 16.5. The van der Waals surface area contributed by atoms with Gasteiger partial charge in [0.2, 0.25) is 5.91 Å². The minimum atomic E-state index is -0.215. The SMILES string of the molecule is COc1ccc(C2CC(c3ccc4oc(-c5ccccc5)c(C)c(=O)c4c3)=NN2C(C)=O)cc1. The summed E-state index contributed by atoms with van der Waals surface area (Å²) < 4.78 is 11.4. The summed E-state index contributed by atoms with van der Waals surface area (Å²) in [6, 6.07) is 22.5. The smallest absolute Gasteiger partial charge is 0.240 e. The molecule has 34 heavy (non-hydrogen) atoms. The number of carbonyl (C=O) groups excluding carboxylic acids is 1. The predicted octanol–water partition coefficient (Wildman–Crippen LogP) is 5.47. The Bertz CT molecular complexity index is 1470. The molecule has 6 nitrogen and oxygen atoms in total. The topological polar surface area (TPSA) is 72.1 Å². The van der Waals surface area contributed by atoms with E-state index < -0.39 is 0 Å². The molecule has 4 aromatic rings. The highest BCUT2D eigenvalue weighted by Gasteiger charge is 2.31. The average molecular weight is 453 g/mol. The highest BCUT2D eigenvalue weighted by Crippen LogP contribution is 2.34. The first-order valence-electron chi connectivity index (χ1n) is 11.1. The van der Waals surface area contributed by atoms with E-state index in [2.05, 4.69) is 5.10 Å². The number of hydrogen-bond acceptors (Lipinski definition) is 5. The van der Waals surface area contributed by atoms with E-state index in [0.717, 1.165) is 28.2 Å². The van der Waals surface area contributed by atoms with Crippen LogP contribution in [0.4, 0.5) is 0 Å². The van der Waals surface area contributed by atoms with Crippen molar-refractivity contribution in [1.29, 1.82) is 0 Å². The predicted molar refractivity (Wildman–Crippen MR) is 132 cm³/mol. The Morgan fingerprint density at radius 1 is 1.03 bits per heavy atom. The van der Waals surface area contributed by atoms with Gasteiger partial charge in [-0.1, -0.05) is 42.5 Å². The molecule has 1 aliphatic rings. The molecular formula is C28H24N2O4. The summed E-state index contributed by atoms with van der Waals surface area (Å²) in [5.74, 6) is 1.19. The summed E-state index contributed by atoms with van der Waals surface area (Å²) in [6.45, 7) is 3.29. The van der Waals surface area contributed by atoms with E-state index in [1.54, 1.807) is 20.1 Å². The van der Waals surface area contributed by atoms with E-state index in [1.807, 2.05) is 66.7 Å². The highest BCUT2D eigenvalue weighted by atomic mass is 16.5. The molecule has 2 heterocycles. The Balaban J connectivity index is 1.53. The van der Waals surface area contributed by atoms with E-state index in [4.69, 9.17) is 9.15 Å². The normalized spacial score (nSPS) is 15.4. The number of rotatable bonds is 4. The number of ether oxygens (including phenoxy) is 1. The summed E-state index contributed by atoms with van der Waals surface area (Å²) in [5.41, 5.74) is 4.39. The van der Waals surface area contributed by atoms with Crippen LogP contribution in [0.25, 0.3) is 22.3 Å². The van der Waals surface area contributed by atoms with Crippen molar-refractivity contribution in [2.24, 2.45) is 5.10 Å². The van der Waals surface area contributed by atoms with Gasteiger partial charge in [0.15, 0.2) is 5.43 Å². The second kappa shape index (κ2) is 8.63. The van der Waals surface area contributed by atoms with Gasteiger partial charge in [-0.05, 0) is 48.4 Å². The minimum absolute atomic E-state index is 0.0734. The molecule has 0 bridgehead atoms. The molecule has 1 aromatic heterocycles. The van der Waals surface area contributed by atoms with Crippen LogP contribution >= 0.6 is 0 Å². The number of hydrogen-bond donors (Lipinski definition) is 0. The van der Waals surface area contributed by atoms with Gasteiger partial charge >= 0.3 is 0 Å². The van der Waals surface area contributed by atoms with Crippen LogP contribution in [0.3, 0.4) is 0 Å². The molecule has 1 amide bonds. The van der Waals surface area contributed by atoms with Crippen LogP contribution < -0.4 is 10.2 Å². The first-order valence-corrected chi connectivity index (χ1v) is 11.1. The monoisotopic (exact) mass is 452 g/mol. The Labute approximate surface area is 197 Å². The van der Waals surface area contributed by atoms with Crippen molar-refractivity contribution in [2.75, 3.05) is 7.11 Å². The van der Waals surface area contributed by atoms with Gasteiger partial charge in [-0.15, -0.1) is 0 Å². The van der Waals surface area contributed by atoms with Gasteiger partial charge in [0.25, 0.3) is 0 Å². The molecule has 170 valence electrons. The van der Waals surface area contributed by atoms with Gasteiger partial charge in [0.1, 0.15) is 17.1 Å². The fraction of sp³-hybridized carbons (Fsp3) is 0.179. The zero-order valence-electron chi connectivity index (χ0n) is 19.2. The van der Waals surface area contributed by atoms with Crippen LogP contribution in [0.15, 0.2) is 87.1 Å². The summed E-state index contributed by atoms with van der Waals surface area (Å²) in [5, 5.41) is 6.63. The van der Waals surface area contributed by atoms with Crippen molar-refractivity contribution in [3.63, 3.8) is 0 Å². The van der Waals surface area contributed by atoms with Gasteiger partial charge in [-0.2, -0.15) is 5.10 Å². The van der Waals surface area contributed by atoms with Gasteiger partial charge < -0.3 is 9.15 Å². The Hall–Kier alpha value is -4.19. The van der Waals surface area contributed by atoms with Crippen LogP contribution in [-0.4, -0.2) is 23.7 Å². The maximum atomic E-state index is 13.2. The quantitative estimate of drug-likeness (QED) is 0.411. The van der Waals surface area contributed by atoms with E-state index >= 15 is 0 Å². The summed E-state index contributed by atoms with van der Waals surface area (Å²) in [7, 11) is 1.62. The van der Waals surface area contributed by atoms with Gasteiger partial charge in [-0.3, -0.25) is 9.59 Å². The van der Waals surface area contributed by atoms with Crippen LogP contribution in [-0.2, 0) is 4.79 Å². The molecule has 0 N–H and O–H groups in total. The Morgan fingerprint density at radius 2 is 1.76 bits per heavy atom. The number of fused-ring (bicyclic) bond motifs is 1. The fourth-order valence-corrected chi connectivity index (χ4v) is 4.39. The molecule has 0 radical (unpaired) electrons. The third-order valence-corrected chi connectivity index (χ3v) is 6.22.